The topological polar surface area (TPSA) is 129 Å². The summed E-state index contributed by atoms with van der Waals surface area (Å²) in [7, 11) is 1.54. The molecule has 2 N–H and O–H groups in total. The molecule has 10 heteroatoms. The molecular formula is C20H20N4O6. The van der Waals surface area contributed by atoms with Gasteiger partial charge in [0.15, 0.2) is 5.69 Å². The second kappa shape index (κ2) is 9.50. The number of hydrogen-bond donors (Lipinski definition) is 2. The van der Waals surface area contributed by atoms with Crippen molar-refractivity contribution < 1.29 is 28.6 Å². The summed E-state index contributed by atoms with van der Waals surface area (Å²) < 4.78 is 15.5. The fourth-order valence-corrected chi connectivity index (χ4v) is 2.84. The van der Waals surface area contributed by atoms with Crippen molar-refractivity contribution in [3.05, 3.63) is 65.4 Å². The van der Waals surface area contributed by atoms with Crippen molar-refractivity contribution in [2.75, 3.05) is 20.3 Å². The predicted octanol–water partition coefficient (Wildman–Crippen LogP) is 1.51. The number of amides is 2. The molecule has 30 heavy (non-hydrogen) atoms. The van der Waals surface area contributed by atoms with E-state index in [2.05, 4.69) is 20.6 Å². The van der Waals surface area contributed by atoms with E-state index in [1.165, 1.54) is 25.7 Å². The van der Waals surface area contributed by atoms with Crippen LogP contribution in [0.15, 0.2) is 54.1 Å². The Labute approximate surface area is 172 Å². The first-order chi connectivity index (χ1) is 14.5. The summed E-state index contributed by atoms with van der Waals surface area (Å²) in [4.78, 5) is 44.8. The van der Waals surface area contributed by atoms with Crippen molar-refractivity contribution in [2.45, 2.75) is 13.0 Å². The Kier molecular flexibility index (Phi) is 6.58. The Morgan fingerprint density at radius 1 is 1.10 bits per heavy atom. The van der Waals surface area contributed by atoms with Crippen LogP contribution in [0, 0.1) is 0 Å². The monoisotopic (exact) mass is 412 g/mol. The van der Waals surface area contributed by atoms with Crippen LogP contribution in [0.1, 0.15) is 29.0 Å². The Bertz CT molecular complexity index is 959. The first kappa shape index (κ1) is 20.8. The third kappa shape index (κ3) is 4.72. The van der Waals surface area contributed by atoms with Gasteiger partial charge in [-0.2, -0.15) is 0 Å². The summed E-state index contributed by atoms with van der Waals surface area (Å²) in [5.41, 5.74) is 0.887. The molecule has 2 heterocycles. The number of nitrogens with one attached hydrogen (secondary N) is 2. The minimum absolute atomic E-state index is 0.00255. The molecule has 0 saturated heterocycles. The van der Waals surface area contributed by atoms with Gasteiger partial charge in [0.05, 0.1) is 37.2 Å². The molecule has 0 unspecified atom stereocenters. The molecule has 0 saturated carbocycles. The minimum Gasteiger partial charge on any atom is -0.497 e. The average Bonchev–Trinajstić information content (AvgIpc) is 2.77. The van der Waals surface area contributed by atoms with Gasteiger partial charge in [0, 0.05) is 12.4 Å². The summed E-state index contributed by atoms with van der Waals surface area (Å²) in [5, 5.41) is 5.22. The molecule has 1 aliphatic heterocycles. The largest absolute Gasteiger partial charge is 0.497 e. The van der Waals surface area contributed by atoms with Crippen LogP contribution >= 0.6 is 0 Å². The fraction of sp³-hybridized carbons (Fsp3) is 0.250. The maximum atomic E-state index is 12.7. The number of aromatic nitrogens is 2. The van der Waals surface area contributed by atoms with Crippen molar-refractivity contribution in [3.8, 4) is 5.75 Å². The number of hydrogen-bond acceptors (Lipinski definition) is 8. The summed E-state index contributed by atoms with van der Waals surface area (Å²) in [5.74, 6) is -0.761. The van der Waals surface area contributed by atoms with Crippen molar-refractivity contribution in [3.63, 3.8) is 0 Å². The Hall–Kier alpha value is -3.95. The van der Waals surface area contributed by atoms with Crippen LogP contribution in [0.4, 0.5) is 4.79 Å². The number of methoxy groups -OCH3 is 1. The van der Waals surface area contributed by atoms with E-state index in [4.69, 9.17) is 14.2 Å². The highest BCUT2D eigenvalue weighted by molar-refractivity contribution is 5.95. The smallest absolute Gasteiger partial charge is 0.358 e. The summed E-state index contributed by atoms with van der Waals surface area (Å²) >= 11 is 0. The van der Waals surface area contributed by atoms with Crippen LogP contribution in [0.2, 0.25) is 0 Å². The average molecular weight is 412 g/mol. The zero-order valence-corrected chi connectivity index (χ0v) is 16.4. The predicted molar refractivity (Wildman–Crippen MR) is 103 cm³/mol. The molecule has 2 amide bonds. The van der Waals surface area contributed by atoms with Crippen molar-refractivity contribution >= 4 is 18.0 Å². The molecule has 10 nitrogen and oxygen atoms in total. The summed E-state index contributed by atoms with van der Waals surface area (Å²) in [6.45, 7) is 1.45. The van der Waals surface area contributed by atoms with Crippen molar-refractivity contribution in [1.82, 2.24) is 20.6 Å². The second-order valence-corrected chi connectivity index (χ2v) is 6.08. The minimum atomic E-state index is -0.797. The van der Waals surface area contributed by atoms with Crippen molar-refractivity contribution in [1.29, 1.82) is 0 Å². The van der Waals surface area contributed by atoms with E-state index in [9.17, 15) is 14.4 Å². The molecule has 2 aromatic rings. The third-order valence-corrected chi connectivity index (χ3v) is 4.22. The molecule has 3 rings (SSSR count). The quantitative estimate of drug-likeness (QED) is 0.655. The van der Waals surface area contributed by atoms with Gasteiger partial charge in [0.2, 0.25) is 0 Å². The molecule has 1 atom stereocenters. The lowest BCUT2D eigenvalue weighted by Gasteiger charge is -2.29. The van der Waals surface area contributed by atoms with Crippen LogP contribution in [0.3, 0.4) is 0 Å². The summed E-state index contributed by atoms with van der Waals surface area (Å²) in [6.07, 6.45) is 4.03. The maximum absolute atomic E-state index is 12.7. The zero-order chi connectivity index (χ0) is 21.5. The lowest BCUT2D eigenvalue weighted by atomic mass is 9.95. The first-order valence-corrected chi connectivity index (χ1v) is 9.08. The van der Waals surface area contributed by atoms with Gasteiger partial charge in [-0.3, -0.25) is 4.98 Å². The van der Waals surface area contributed by atoms with Crippen LogP contribution in [-0.2, 0) is 14.3 Å². The number of carbonyl (C=O) groups is 3. The normalized spacial score (nSPS) is 15.7. The third-order valence-electron chi connectivity index (χ3n) is 4.22. The molecule has 0 radical (unpaired) electrons. The van der Waals surface area contributed by atoms with E-state index in [-0.39, 0.29) is 30.2 Å². The highest BCUT2D eigenvalue weighted by atomic mass is 16.5. The van der Waals surface area contributed by atoms with Crippen molar-refractivity contribution in [2.24, 2.45) is 0 Å². The van der Waals surface area contributed by atoms with E-state index in [1.807, 2.05) is 0 Å². The molecule has 0 spiro atoms. The number of urea groups is 1. The number of rotatable bonds is 7. The lowest BCUT2D eigenvalue weighted by Crippen LogP contribution is -2.47. The van der Waals surface area contributed by atoms with Gasteiger partial charge in [-0.1, -0.05) is 12.1 Å². The van der Waals surface area contributed by atoms with Gasteiger partial charge >= 0.3 is 18.0 Å². The van der Waals surface area contributed by atoms with E-state index >= 15 is 0 Å². The number of ether oxygens (including phenoxy) is 3. The van der Waals surface area contributed by atoms with Gasteiger partial charge in [0.1, 0.15) is 12.4 Å². The van der Waals surface area contributed by atoms with Gasteiger partial charge in [-0.15, -0.1) is 0 Å². The van der Waals surface area contributed by atoms with E-state index < -0.39 is 24.0 Å². The highest BCUT2D eigenvalue weighted by Gasteiger charge is 2.34. The van der Waals surface area contributed by atoms with Gasteiger partial charge in [0.25, 0.3) is 0 Å². The zero-order valence-electron chi connectivity index (χ0n) is 16.4. The maximum Gasteiger partial charge on any atom is 0.358 e. The standard InChI is InChI=1S/C20H20N4O6/c1-3-29-19(26)16-15(11-30-18(25)14-10-21-8-9-22-14)23-20(27)24-17(16)12-4-6-13(28-2)7-5-12/h4-10,17H,3,11H2,1-2H3,(H2,23,24,27)/t17-/m1/s1. The fourth-order valence-electron chi connectivity index (χ4n) is 2.84. The lowest BCUT2D eigenvalue weighted by molar-refractivity contribution is -0.139. The molecule has 156 valence electrons. The Balaban J connectivity index is 1.92. The number of nitrogens with zero attached hydrogens (tertiary/aromatic N) is 2. The molecule has 1 aromatic carbocycles. The van der Waals surface area contributed by atoms with Crippen LogP contribution in [0.5, 0.6) is 5.75 Å². The molecule has 1 aliphatic rings. The number of esters is 2. The molecule has 0 aliphatic carbocycles. The van der Waals surface area contributed by atoms with E-state index in [0.29, 0.717) is 11.3 Å². The molecular weight excluding hydrogens is 392 g/mol. The second-order valence-electron chi connectivity index (χ2n) is 6.08. The summed E-state index contributed by atoms with van der Waals surface area (Å²) in [6, 6.07) is 5.51. The number of benzene rings is 1. The van der Waals surface area contributed by atoms with Gasteiger partial charge in [-0.05, 0) is 24.6 Å². The Morgan fingerprint density at radius 3 is 2.50 bits per heavy atom. The number of carbonyl (C=O) groups excluding carboxylic acids is 3. The van der Waals surface area contributed by atoms with Crippen LogP contribution < -0.4 is 15.4 Å². The molecule has 0 bridgehead atoms. The van der Waals surface area contributed by atoms with Gasteiger partial charge in [-0.25, -0.2) is 19.4 Å². The van der Waals surface area contributed by atoms with Gasteiger partial charge < -0.3 is 24.8 Å². The SMILES string of the molecule is CCOC(=O)C1=C(COC(=O)c2cnccn2)NC(=O)N[C@@H]1c1ccc(OC)cc1. The van der Waals surface area contributed by atoms with Crippen LogP contribution in [0.25, 0.3) is 0 Å². The molecule has 1 aromatic heterocycles. The highest BCUT2D eigenvalue weighted by Crippen LogP contribution is 2.29. The first-order valence-electron chi connectivity index (χ1n) is 9.08. The molecule has 0 fully saturated rings. The Morgan fingerprint density at radius 2 is 1.87 bits per heavy atom. The van der Waals surface area contributed by atoms with E-state index in [1.54, 1.807) is 31.2 Å². The van der Waals surface area contributed by atoms with Crippen LogP contribution in [-0.4, -0.2) is 48.3 Å². The van der Waals surface area contributed by atoms with E-state index in [0.717, 1.165) is 0 Å².